The average molecular weight is 168 g/mol. The van der Waals surface area contributed by atoms with Crippen LogP contribution in [0.25, 0.3) is 0 Å². The number of esters is 1. The fourth-order valence-corrected chi connectivity index (χ4v) is 0.513. The highest BCUT2D eigenvalue weighted by Crippen LogP contribution is 2.00. The lowest BCUT2D eigenvalue weighted by molar-refractivity contribution is -0.133. The molecular formula is C9H12O3. The first-order valence-electron chi connectivity index (χ1n) is 3.52. The molecule has 0 heterocycles. The predicted molar refractivity (Wildman–Crippen MR) is 45.2 cm³/mol. The molecule has 0 bridgehead atoms. The Morgan fingerprint density at radius 1 is 1.75 bits per heavy atom. The van der Waals surface area contributed by atoms with E-state index in [0.29, 0.717) is 0 Å². The number of aliphatic hydroxyl groups is 1. The number of rotatable bonds is 2. The molecule has 0 amide bonds. The summed E-state index contributed by atoms with van der Waals surface area (Å²) in [4.78, 5) is 10.5. The Balaban J connectivity index is 4.11. The molecule has 0 aliphatic rings. The van der Waals surface area contributed by atoms with Crippen LogP contribution in [-0.2, 0) is 9.53 Å². The van der Waals surface area contributed by atoms with Gasteiger partial charge in [-0.05, 0) is 6.92 Å². The summed E-state index contributed by atoms with van der Waals surface area (Å²) in [5.41, 5.74) is 0. The summed E-state index contributed by atoms with van der Waals surface area (Å²) in [7, 11) is 1.26. The van der Waals surface area contributed by atoms with E-state index in [2.05, 4.69) is 23.2 Å². The molecule has 2 atom stereocenters. The first-order chi connectivity index (χ1) is 5.61. The molecule has 3 nitrogen and oxygen atoms in total. The number of methoxy groups -OCH3 is 1. The van der Waals surface area contributed by atoms with E-state index < -0.39 is 12.1 Å². The van der Waals surface area contributed by atoms with Crippen molar-refractivity contribution >= 4 is 5.97 Å². The number of hydrogen-bond acceptors (Lipinski definition) is 3. The molecule has 12 heavy (non-hydrogen) atoms. The van der Waals surface area contributed by atoms with Gasteiger partial charge in [0.05, 0.1) is 13.2 Å². The van der Waals surface area contributed by atoms with E-state index in [1.807, 2.05) is 0 Å². The molecule has 66 valence electrons. The van der Waals surface area contributed by atoms with Gasteiger partial charge in [0, 0.05) is 11.8 Å². The third-order valence-electron chi connectivity index (χ3n) is 1.34. The minimum Gasteiger partial charge on any atom is -0.459 e. The lowest BCUT2D eigenvalue weighted by Crippen LogP contribution is -2.12. The van der Waals surface area contributed by atoms with E-state index >= 15 is 0 Å². The van der Waals surface area contributed by atoms with Gasteiger partial charge >= 0.3 is 5.97 Å². The molecule has 0 spiro atoms. The molecule has 0 aliphatic carbocycles. The van der Waals surface area contributed by atoms with Crippen molar-refractivity contribution < 1.29 is 14.6 Å². The molecule has 0 aromatic rings. The molecule has 0 aromatic heterocycles. The summed E-state index contributed by atoms with van der Waals surface area (Å²) >= 11 is 0. The predicted octanol–water partition coefficient (Wildman–Crippen LogP) is 0.346. The normalized spacial score (nSPS) is 13.6. The monoisotopic (exact) mass is 168 g/mol. The standard InChI is InChI=1S/C9H12O3/c1-4-8(10)7(2)5-6-9(11)12-3/h4,7-8,10H,1H2,2-3H3/t7-,8+/m1/s1. The van der Waals surface area contributed by atoms with Crippen molar-refractivity contribution in [2.24, 2.45) is 5.92 Å². The Kier molecular flexibility index (Phi) is 4.82. The first-order valence-corrected chi connectivity index (χ1v) is 3.52. The van der Waals surface area contributed by atoms with Gasteiger partial charge in [0.1, 0.15) is 0 Å². The minimum atomic E-state index is -0.706. The van der Waals surface area contributed by atoms with Crippen LogP contribution in [-0.4, -0.2) is 24.3 Å². The molecule has 0 unspecified atom stereocenters. The highest BCUT2D eigenvalue weighted by atomic mass is 16.5. The van der Waals surface area contributed by atoms with Crippen LogP contribution in [0.2, 0.25) is 0 Å². The van der Waals surface area contributed by atoms with Crippen molar-refractivity contribution in [2.75, 3.05) is 7.11 Å². The van der Waals surface area contributed by atoms with E-state index in [0.717, 1.165) is 0 Å². The highest BCUT2D eigenvalue weighted by molar-refractivity contribution is 5.88. The van der Waals surface area contributed by atoms with Gasteiger partial charge in [-0.15, -0.1) is 6.58 Å². The molecule has 0 rings (SSSR count). The van der Waals surface area contributed by atoms with Crippen LogP contribution in [0.3, 0.4) is 0 Å². The fourth-order valence-electron chi connectivity index (χ4n) is 0.513. The molecular weight excluding hydrogens is 156 g/mol. The van der Waals surface area contributed by atoms with Crippen molar-refractivity contribution in [2.45, 2.75) is 13.0 Å². The summed E-state index contributed by atoms with van der Waals surface area (Å²) in [6, 6.07) is 0. The number of carbonyl (C=O) groups is 1. The number of ether oxygens (including phenoxy) is 1. The summed E-state index contributed by atoms with van der Waals surface area (Å²) in [6.45, 7) is 5.09. The Hall–Kier alpha value is -1.27. The van der Waals surface area contributed by atoms with E-state index in [1.165, 1.54) is 13.2 Å². The topological polar surface area (TPSA) is 46.5 Å². The van der Waals surface area contributed by atoms with Crippen LogP contribution in [0.4, 0.5) is 0 Å². The molecule has 0 saturated carbocycles. The van der Waals surface area contributed by atoms with Crippen molar-refractivity contribution in [1.82, 2.24) is 0 Å². The zero-order valence-electron chi connectivity index (χ0n) is 7.20. The van der Waals surface area contributed by atoms with Crippen LogP contribution >= 0.6 is 0 Å². The quantitative estimate of drug-likeness (QED) is 0.280. The van der Waals surface area contributed by atoms with Crippen molar-refractivity contribution in [3.63, 3.8) is 0 Å². The molecule has 1 N–H and O–H groups in total. The Morgan fingerprint density at radius 3 is 2.75 bits per heavy atom. The molecule has 0 radical (unpaired) electrons. The van der Waals surface area contributed by atoms with Crippen molar-refractivity contribution in [3.8, 4) is 11.8 Å². The van der Waals surface area contributed by atoms with Gasteiger partial charge in [-0.1, -0.05) is 12.0 Å². The summed E-state index contributed by atoms with van der Waals surface area (Å²) in [5, 5.41) is 9.14. The van der Waals surface area contributed by atoms with Crippen LogP contribution in [0, 0.1) is 17.8 Å². The van der Waals surface area contributed by atoms with Crippen LogP contribution in [0.15, 0.2) is 12.7 Å². The second-order valence-electron chi connectivity index (χ2n) is 2.28. The Morgan fingerprint density at radius 2 is 2.33 bits per heavy atom. The summed E-state index contributed by atoms with van der Waals surface area (Å²) < 4.78 is 4.29. The molecule has 0 fully saturated rings. The fraction of sp³-hybridized carbons (Fsp3) is 0.444. The van der Waals surface area contributed by atoms with Gasteiger partial charge in [0.25, 0.3) is 0 Å². The molecule has 0 aromatic carbocycles. The second kappa shape index (κ2) is 5.39. The minimum absolute atomic E-state index is 0.304. The second-order valence-corrected chi connectivity index (χ2v) is 2.28. The van der Waals surface area contributed by atoms with Gasteiger partial charge in [-0.2, -0.15) is 0 Å². The lowest BCUT2D eigenvalue weighted by Gasteiger charge is -2.06. The summed E-state index contributed by atoms with van der Waals surface area (Å²) in [6.07, 6.45) is 0.665. The Labute approximate surface area is 72.0 Å². The van der Waals surface area contributed by atoms with Crippen LogP contribution < -0.4 is 0 Å². The zero-order valence-corrected chi connectivity index (χ0v) is 7.20. The van der Waals surface area contributed by atoms with Crippen LogP contribution in [0.1, 0.15) is 6.92 Å². The van der Waals surface area contributed by atoms with Crippen LogP contribution in [0.5, 0.6) is 0 Å². The van der Waals surface area contributed by atoms with Gasteiger partial charge in [-0.25, -0.2) is 4.79 Å². The molecule has 0 saturated heterocycles. The van der Waals surface area contributed by atoms with Gasteiger partial charge in [0.2, 0.25) is 0 Å². The van der Waals surface area contributed by atoms with Crippen molar-refractivity contribution in [3.05, 3.63) is 12.7 Å². The third kappa shape index (κ3) is 3.79. The maximum atomic E-state index is 10.5. The zero-order chi connectivity index (χ0) is 9.56. The number of aliphatic hydroxyl groups excluding tert-OH is 1. The molecule has 3 heteroatoms. The van der Waals surface area contributed by atoms with E-state index in [1.54, 1.807) is 6.92 Å². The third-order valence-corrected chi connectivity index (χ3v) is 1.34. The van der Waals surface area contributed by atoms with E-state index in [-0.39, 0.29) is 5.92 Å². The number of hydrogen-bond donors (Lipinski definition) is 1. The van der Waals surface area contributed by atoms with Gasteiger partial charge in [0.15, 0.2) is 0 Å². The van der Waals surface area contributed by atoms with Gasteiger partial charge < -0.3 is 9.84 Å². The maximum absolute atomic E-state index is 10.5. The summed E-state index contributed by atoms with van der Waals surface area (Å²) in [5.74, 6) is 3.86. The highest BCUT2D eigenvalue weighted by Gasteiger charge is 2.06. The number of carbonyl (C=O) groups excluding carboxylic acids is 1. The lowest BCUT2D eigenvalue weighted by atomic mass is 10.1. The van der Waals surface area contributed by atoms with Gasteiger partial charge in [-0.3, -0.25) is 0 Å². The average Bonchev–Trinajstić information content (AvgIpc) is 2.11. The first kappa shape index (κ1) is 10.7. The largest absolute Gasteiger partial charge is 0.459 e. The Bertz CT molecular complexity index is 222. The van der Waals surface area contributed by atoms with E-state index in [4.69, 9.17) is 5.11 Å². The smallest absolute Gasteiger partial charge is 0.384 e. The SMILES string of the molecule is C=C[C@H](O)[C@H](C)C#CC(=O)OC. The molecule has 0 aliphatic heterocycles. The maximum Gasteiger partial charge on any atom is 0.384 e. The van der Waals surface area contributed by atoms with Crippen molar-refractivity contribution in [1.29, 1.82) is 0 Å². The van der Waals surface area contributed by atoms with E-state index in [9.17, 15) is 4.79 Å².